The van der Waals surface area contributed by atoms with Gasteiger partial charge in [0.2, 0.25) is 0 Å². The van der Waals surface area contributed by atoms with Crippen molar-refractivity contribution in [1.29, 1.82) is 0 Å². The number of benzene rings is 1. The molecule has 0 fully saturated rings. The molecule has 0 saturated carbocycles. The van der Waals surface area contributed by atoms with Crippen molar-refractivity contribution in [3.63, 3.8) is 0 Å². The van der Waals surface area contributed by atoms with Gasteiger partial charge in [0.1, 0.15) is 0 Å². The first-order chi connectivity index (χ1) is 7.40. The number of aliphatic carboxylic acids is 2. The summed E-state index contributed by atoms with van der Waals surface area (Å²) in [5.41, 5.74) is 2.42. The molecule has 2 N–H and O–H groups in total. The van der Waals surface area contributed by atoms with E-state index in [9.17, 15) is 9.59 Å². The number of rotatable bonds is 4. The van der Waals surface area contributed by atoms with Crippen molar-refractivity contribution in [2.24, 2.45) is 0 Å². The largest absolute Gasteiger partial charge is 0.481 e. The molecule has 0 aliphatic heterocycles. The van der Waals surface area contributed by atoms with Gasteiger partial charge in [0, 0.05) is 0 Å². The lowest BCUT2D eigenvalue weighted by molar-refractivity contribution is -0.145. The van der Waals surface area contributed by atoms with Crippen molar-refractivity contribution in [3.8, 4) is 0 Å². The van der Waals surface area contributed by atoms with Crippen LogP contribution in [0.1, 0.15) is 29.0 Å². The predicted molar refractivity (Wildman–Crippen MR) is 58.5 cm³/mol. The van der Waals surface area contributed by atoms with Crippen LogP contribution in [0.2, 0.25) is 0 Å². The molecule has 0 aliphatic carbocycles. The van der Waals surface area contributed by atoms with Crippen LogP contribution in [0, 0.1) is 13.8 Å². The summed E-state index contributed by atoms with van der Waals surface area (Å²) in [6.07, 6.45) is -0.391. The number of hydrogen-bond donors (Lipinski definition) is 2. The fraction of sp³-hybridized carbons (Fsp3) is 0.333. The molecule has 0 saturated heterocycles. The van der Waals surface area contributed by atoms with E-state index in [1.807, 2.05) is 19.9 Å². The van der Waals surface area contributed by atoms with Crippen molar-refractivity contribution < 1.29 is 19.8 Å². The Kier molecular flexibility index (Phi) is 3.66. The van der Waals surface area contributed by atoms with E-state index in [0.29, 0.717) is 5.56 Å². The molecule has 1 aromatic carbocycles. The Morgan fingerprint density at radius 1 is 1.12 bits per heavy atom. The smallest absolute Gasteiger partial charge is 0.311 e. The van der Waals surface area contributed by atoms with Crippen molar-refractivity contribution in [2.45, 2.75) is 26.2 Å². The van der Waals surface area contributed by atoms with Gasteiger partial charge in [0.05, 0.1) is 12.3 Å². The SMILES string of the molecule is Cc1cc(C)cc(C(CC(=O)O)C(=O)O)c1. The summed E-state index contributed by atoms with van der Waals surface area (Å²) in [4.78, 5) is 21.6. The lowest BCUT2D eigenvalue weighted by Gasteiger charge is -2.12. The van der Waals surface area contributed by atoms with Crippen LogP contribution in [0.25, 0.3) is 0 Å². The van der Waals surface area contributed by atoms with E-state index in [1.165, 1.54) is 0 Å². The van der Waals surface area contributed by atoms with Crippen LogP contribution >= 0.6 is 0 Å². The zero-order chi connectivity index (χ0) is 12.3. The minimum Gasteiger partial charge on any atom is -0.481 e. The molecule has 0 bridgehead atoms. The van der Waals surface area contributed by atoms with Gasteiger partial charge < -0.3 is 10.2 Å². The van der Waals surface area contributed by atoms with E-state index in [0.717, 1.165) is 11.1 Å². The first kappa shape index (κ1) is 12.2. The Labute approximate surface area is 93.5 Å². The highest BCUT2D eigenvalue weighted by Crippen LogP contribution is 2.22. The lowest BCUT2D eigenvalue weighted by Crippen LogP contribution is -2.16. The number of carbonyl (C=O) groups is 2. The predicted octanol–water partition coefficient (Wildman–Crippen LogP) is 1.95. The van der Waals surface area contributed by atoms with Gasteiger partial charge in [-0.05, 0) is 19.4 Å². The van der Waals surface area contributed by atoms with Gasteiger partial charge in [-0.3, -0.25) is 9.59 Å². The molecule has 1 atom stereocenters. The molecule has 16 heavy (non-hydrogen) atoms. The van der Waals surface area contributed by atoms with E-state index in [4.69, 9.17) is 10.2 Å². The Balaban J connectivity index is 3.10. The van der Waals surface area contributed by atoms with E-state index >= 15 is 0 Å². The summed E-state index contributed by atoms with van der Waals surface area (Å²) >= 11 is 0. The molecule has 4 heteroatoms. The summed E-state index contributed by atoms with van der Waals surface area (Å²) in [7, 11) is 0. The Bertz CT molecular complexity index is 403. The van der Waals surface area contributed by atoms with Crippen LogP contribution in [0.4, 0.5) is 0 Å². The Hall–Kier alpha value is -1.84. The molecule has 0 amide bonds. The van der Waals surface area contributed by atoms with Crippen LogP contribution in [0.15, 0.2) is 18.2 Å². The minimum absolute atomic E-state index is 0.391. The monoisotopic (exact) mass is 222 g/mol. The van der Waals surface area contributed by atoms with E-state index in [2.05, 4.69) is 0 Å². The Morgan fingerprint density at radius 2 is 1.62 bits per heavy atom. The normalized spacial score (nSPS) is 12.1. The zero-order valence-corrected chi connectivity index (χ0v) is 9.23. The van der Waals surface area contributed by atoms with Crippen molar-refractivity contribution in [3.05, 3.63) is 34.9 Å². The molecule has 0 heterocycles. The van der Waals surface area contributed by atoms with E-state index in [-0.39, 0.29) is 0 Å². The maximum absolute atomic E-state index is 11.0. The molecule has 1 unspecified atom stereocenters. The highest BCUT2D eigenvalue weighted by atomic mass is 16.4. The fourth-order valence-corrected chi connectivity index (χ4v) is 1.73. The number of aryl methyl sites for hydroxylation is 2. The third kappa shape index (κ3) is 3.08. The quantitative estimate of drug-likeness (QED) is 0.816. The van der Waals surface area contributed by atoms with Gasteiger partial charge in [-0.2, -0.15) is 0 Å². The Morgan fingerprint density at radius 3 is 2.00 bits per heavy atom. The van der Waals surface area contributed by atoms with Crippen LogP contribution in [-0.4, -0.2) is 22.2 Å². The standard InChI is InChI=1S/C12H14O4/c1-7-3-8(2)5-9(4-7)10(12(15)16)6-11(13)14/h3-5,10H,6H2,1-2H3,(H,13,14)(H,15,16). The molecule has 0 spiro atoms. The van der Waals surface area contributed by atoms with Gasteiger partial charge in [-0.25, -0.2) is 0 Å². The molecule has 1 rings (SSSR count). The topological polar surface area (TPSA) is 74.6 Å². The molecular weight excluding hydrogens is 208 g/mol. The minimum atomic E-state index is -1.11. The highest BCUT2D eigenvalue weighted by molar-refractivity contribution is 5.82. The van der Waals surface area contributed by atoms with Crippen LogP contribution in [-0.2, 0) is 9.59 Å². The summed E-state index contributed by atoms with van der Waals surface area (Å²) in [5.74, 6) is -3.19. The van der Waals surface area contributed by atoms with Crippen LogP contribution in [0.3, 0.4) is 0 Å². The van der Waals surface area contributed by atoms with Crippen molar-refractivity contribution in [2.75, 3.05) is 0 Å². The van der Waals surface area contributed by atoms with E-state index in [1.54, 1.807) is 12.1 Å². The fourth-order valence-electron chi connectivity index (χ4n) is 1.73. The maximum atomic E-state index is 11.0. The molecule has 4 nitrogen and oxygen atoms in total. The van der Waals surface area contributed by atoms with Crippen molar-refractivity contribution >= 4 is 11.9 Å². The second-order valence-electron chi connectivity index (χ2n) is 3.91. The molecule has 0 radical (unpaired) electrons. The highest BCUT2D eigenvalue weighted by Gasteiger charge is 2.23. The van der Waals surface area contributed by atoms with Gasteiger partial charge in [0.25, 0.3) is 0 Å². The van der Waals surface area contributed by atoms with Gasteiger partial charge in [-0.15, -0.1) is 0 Å². The zero-order valence-electron chi connectivity index (χ0n) is 9.23. The van der Waals surface area contributed by atoms with E-state index < -0.39 is 24.3 Å². The average molecular weight is 222 g/mol. The van der Waals surface area contributed by atoms with Crippen LogP contribution < -0.4 is 0 Å². The van der Waals surface area contributed by atoms with Crippen molar-refractivity contribution in [1.82, 2.24) is 0 Å². The third-order valence-corrected chi connectivity index (χ3v) is 2.32. The number of carboxylic acid groups (broad SMARTS) is 2. The molecule has 86 valence electrons. The summed E-state index contributed by atoms with van der Waals surface area (Å²) in [6, 6.07) is 5.35. The maximum Gasteiger partial charge on any atom is 0.311 e. The summed E-state index contributed by atoms with van der Waals surface area (Å²) in [6.45, 7) is 3.71. The van der Waals surface area contributed by atoms with Crippen LogP contribution in [0.5, 0.6) is 0 Å². The van der Waals surface area contributed by atoms with Gasteiger partial charge in [-0.1, -0.05) is 29.3 Å². The average Bonchev–Trinajstić information content (AvgIpc) is 2.11. The first-order valence-electron chi connectivity index (χ1n) is 4.93. The first-order valence-corrected chi connectivity index (χ1v) is 4.93. The molecule has 0 aromatic heterocycles. The lowest BCUT2D eigenvalue weighted by atomic mass is 9.93. The third-order valence-electron chi connectivity index (χ3n) is 2.32. The summed E-state index contributed by atoms with van der Waals surface area (Å²) < 4.78 is 0. The second-order valence-corrected chi connectivity index (χ2v) is 3.91. The number of hydrogen-bond acceptors (Lipinski definition) is 2. The van der Waals surface area contributed by atoms with Gasteiger partial charge in [0.15, 0.2) is 0 Å². The molecule has 1 aromatic rings. The molecule has 0 aliphatic rings. The number of carboxylic acids is 2. The molecular formula is C12H14O4. The summed E-state index contributed by atoms with van der Waals surface area (Å²) in [5, 5.41) is 17.7. The van der Waals surface area contributed by atoms with Gasteiger partial charge >= 0.3 is 11.9 Å². The second kappa shape index (κ2) is 4.79.